The molecule has 7 heteroatoms. The van der Waals surface area contributed by atoms with Crippen LogP contribution in [0, 0.1) is 0 Å². The standard InChI is InChI=1S/C18H17N3O2S2/c1-3-10-21-17(13-6-8-14(23-2)9-7-13)19-20-18(21)25-12-15(22)16-5-4-11-24-16/h3-9,11H,1,10,12H2,2H3. The van der Waals surface area contributed by atoms with Crippen molar-refractivity contribution < 1.29 is 9.53 Å². The van der Waals surface area contributed by atoms with Gasteiger partial charge in [0, 0.05) is 12.1 Å². The van der Waals surface area contributed by atoms with Crippen LogP contribution >= 0.6 is 23.1 Å². The first-order chi connectivity index (χ1) is 12.2. The first-order valence-corrected chi connectivity index (χ1v) is 9.47. The van der Waals surface area contributed by atoms with Crippen LogP contribution in [0.1, 0.15) is 9.67 Å². The Kier molecular flexibility index (Phi) is 5.67. The molecular weight excluding hydrogens is 354 g/mol. The Morgan fingerprint density at radius 1 is 1.32 bits per heavy atom. The van der Waals surface area contributed by atoms with E-state index in [1.54, 1.807) is 13.2 Å². The first-order valence-electron chi connectivity index (χ1n) is 7.61. The maximum absolute atomic E-state index is 12.2. The Balaban J connectivity index is 1.81. The molecule has 0 bridgehead atoms. The average molecular weight is 371 g/mol. The number of rotatable bonds is 8. The van der Waals surface area contributed by atoms with Gasteiger partial charge in [0.2, 0.25) is 0 Å². The van der Waals surface area contributed by atoms with Gasteiger partial charge in [0.1, 0.15) is 5.75 Å². The largest absolute Gasteiger partial charge is 0.497 e. The van der Waals surface area contributed by atoms with E-state index in [-0.39, 0.29) is 5.78 Å². The number of benzene rings is 1. The lowest BCUT2D eigenvalue weighted by Crippen LogP contribution is -2.04. The second kappa shape index (κ2) is 8.13. The number of ether oxygens (including phenoxy) is 1. The number of aromatic nitrogens is 3. The van der Waals surface area contributed by atoms with Crippen molar-refractivity contribution in [3.63, 3.8) is 0 Å². The predicted molar refractivity (Wildman–Crippen MR) is 102 cm³/mol. The number of thioether (sulfide) groups is 1. The quantitative estimate of drug-likeness (QED) is 0.338. The maximum Gasteiger partial charge on any atom is 0.192 e. The van der Waals surface area contributed by atoms with E-state index in [1.807, 2.05) is 46.3 Å². The van der Waals surface area contributed by atoms with Gasteiger partial charge in [-0.3, -0.25) is 9.36 Å². The number of hydrogen-bond acceptors (Lipinski definition) is 6. The van der Waals surface area contributed by atoms with Gasteiger partial charge in [0.25, 0.3) is 0 Å². The molecule has 0 saturated carbocycles. The minimum absolute atomic E-state index is 0.0964. The van der Waals surface area contributed by atoms with Gasteiger partial charge in [-0.2, -0.15) is 0 Å². The van der Waals surface area contributed by atoms with Crippen molar-refractivity contribution in [1.82, 2.24) is 14.8 Å². The van der Waals surface area contributed by atoms with Crippen LogP contribution in [-0.4, -0.2) is 33.4 Å². The van der Waals surface area contributed by atoms with Crippen LogP contribution in [0.3, 0.4) is 0 Å². The molecule has 5 nitrogen and oxygen atoms in total. The molecule has 2 heterocycles. The molecule has 3 rings (SSSR count). The van der Waals surface area contributed by atoms with Gasteiger partial charge >= 0.3 is 0 Å². The molecule has 2 aromatic heterocycles. The van der Waals surface area contributed by atoms with E-state index >= 15 is 0 Å². The van der Waals surface area contributed by atoms with E-state index in [0.717, 1.165) is 22.0 Å². The number of methoxy groups -OCH3 is 1. The van der Waals surface area contributed by atoms with Gasteiger partial charge in [-0.1, -0.05) is 23.9 Å². The average Bonchev–Trinajstić information content (AvgIpc) is 3.31. The van der Waals surface area contributed by atoms with Crippen LogP contribution in [0.4, 0.5) is 0 Å². The maximum atomic E-state index is 12.2. The number of hydrogen-bond donors (Lipinski definition) is 0. The van der Waals surface area contributed by atoms with E-state index in [2.05, 4.69) is 16.8 Å². The number of nitrogens with zero attached hydrogens (tertiary/aromatic N) is 3. The minimum Gasteiger partial charge on any atom is -0.497 e. The zero-order valence-corrected chi connectivity index (χ0v) is 15.3. The molecule has 0 radical (unpaired) electrons. The molecular formula is C18H17N3O2S2. The third-order valence-corrected chi connectivity index (χ3v) is 5.38. The molecule has 128 valence electrons. The third-order valence-electron chi connectivity index (χ3n) is 3.51. The second-order valence-corrected chi connectivity index (χ2v) is 7.01. The van der Waals surface area contributed by atoms with Gasteiger partial charge in [0.15, 0.2) is 16.8 Å². The first kappa shape index (κ1) is 17.4. The highest BCUT2D eigenvalue weighted by molar-refractivity contribution is 7.99. The highest BCUT2D eigenvalue weighted by Crippen LogP contribution is 2.26. The highest BCUT2D eigenvalue weighted by Gasteiger charge is 2.16. The fourth-order valence-electron chi connectivity index (χ4n) is 2.28. The Bertz CT molecular complexity index is 855. The van der Waals surface area contributed by atoms with Gasteiger partial charge in [-0.05, 0) is 35.7 Å². The van der Waals surface area contributed by atoms with Gasteiger partial charge in [-0.25, -0.2) is 0 Å². The van der Waals surface area contributed by atoms with Crippen LogP contribution in [0.2, 0.25) is 0 Å². The molecule has 3 aromatic rings. The van der Waals surface area contributed by atoms with E-state index in [4.69, 9.17) is 4.74 Å². The predicted octanol–water partition coefficient (Wildman–Crippen LogP) is 4.18. The highest BCUT2D eigenvalue weighted by atomic mass is 32.2. The summed E-state index contributed by atoms with van der Waals surface area (Å²) >= 11 is 2.84. The lowest BCUT2D eigenvalue weighted by atomic mass is 10.2. The van der Waals surface area contributed by atoms with Crippen LogP contribution in [-0.2, 0) is 6.54 Å². The lowest BCUT2D eigenvalue weighted by molar-refractivity contribution is 0.102. The summed E-state index contributed by atoms with van der Waals surface area (Å²) in [6, 6.07) is 11.4. The second-order valence-electron chi connectivity index (χ2n) is 5.12. The minimum atomic E-state index is 0.0964. The van der Waals surface area contributed by atoms with Crippen molar-refractivity contribution in [3.05, 3.63) is 59.3 Å². The fourth-order valence-corrected chi connectivity index (χ4v) is 3.87. The van der Waals surface area contributed by atoms with E-state index in [0.29, 0.717) is 17.5 Å². The van der Waals surface area contributed by atoms with Gasteiger partial charge in [-0.15, -0.1) is 28.1 Å². The number of ketones is 1. The molecule has 0 aliphatic carbocycles. The summed E-state index contributed by atoms with van der Waals surface area (Å²) in [6.07, 6.45) is 1.79. The molecule has 0 saturated heterocycles. The van der Waals surface area contributed by atoms with Crippen LogP contribution < -0.4 is 4.74 Å². The fraction of sp³-hybridized carbons (Fsp3) is 0.167. The Labute approximate surface area is 154 Å². The number of allylic oxidation sites excluding steroid dienone is 1. The Hall–Kier alpha value is -2.38. The molecule has 0 spiro atoms. The van der Waals surface area contributed by atoms with Crippen LogP contribution in [0.25, 0.3) is 11.4 Å². The molecule has 0 aliphatic rings. The zero-order valence-electron chi connectivity index (χ0n) is 13.7. The SMILES string of the molecule is C=CCn1c(SCC(=O)c2cccs2)nnc1-c1ccc(OC)cc1. The summed E-state index contributed by atoms with van der Waals surface area (Å²) in [6.45, 7) is 4.38. The molecule has 25 heavy (non-hydrogen) atoms. The van der Waals surface area contributed by atoms with Gasteiger partial charge in [0.05, 0.1) is 17.7 Å². The third kappa shape index (κ3) is 4.00. The van der Waals surface area contributed by atoms with E-state index < -0.39 is 0 Å². The molecule has 0 aliphatic heterocycles. The summed E-state index contributed by atoms with van der Waals surface area (Å²) < 4.78 is 7.15. The summed E-state index contributed by atoms with van der Waals surface area (Å²) in [5.74, 6) is 1.96. The van der Waals surface area contributed by atoms with Crippen molar-refractivity contribution in [1.29, 1.82) is 0 Å². The molecule has 0 amide bonds. The van der Waals surface area contributed by atoms with E-state index in [9.17, 15) is 4.79 Å². The van der Waals surface area contributed by atoms with Crippen LogP contribution in [0.5, 0.6) is 5.75 Å². The normalized spacial score (nSPS) is 10.6. The molecule has 0 unspecified atom stereocenters. The van der Waals surface area contributed by atoms with Crippen molar-refractivity contribution in [2.45, 2.75) is 11.7 Å². The summed E-state index contributed by atoms with van der Waals surface area (Å²) in [7, 11) is 1.63. The Morgan fingerprint density at radius 2 is 2.12 bits per heavy atom. The molecule has 0 atom stereocenters. The van der Waals surface area contributed by atoms with Crippen molar-refractivity contribution >= 4 is 28.9 Å². The Morgan fingerprint density at radius 3 is 2.76 bits per heavy atom. The van der Waals surface area contributed by atoms with Crippen molar-refractivity contribution in [2.24, 2.45) is 0 Å². The van der Waals surface area contributed by atoms with Crippen molar-refractivity contribution in [3.8, 4) is 17.1 Å². The van der Waals surface area contributed by atoms with Crippen LogP contribution in [0.15, 0.2) is 59.6 Å². The molecule has 0 N–H and O–H groups in total. The number of carbonyl (C=O) groups excluding carboxylic acids is 1. The number of carbonyl (C=O) groups is 1. The van der Waals surface area contributed by atoms with E-state index in [1.165, 1.54) is 23.1 Å². The van der Waals surface area contributed by atoms with Gasteiger partial charge < -0.3 is 4.74 Å². The summed E-state index contributed by atoms with van der Waals surface area (Å²) in [5.41, 5.74) is 0.937. The summed E-state index contributed by atoms with van der Waals surface area (Å²) in [5, 5.41) is 11.2. The zero-order chi connectivity index (χ0) is 17.6. The number of Topliss-reactive ketones (excluding diaryl/α,β-unsaturated/α-hetero) is 1. The summed E-state index contributed by atoms with van der Waals surface area (Å²) in [4.78, 5) is 13.0. The molecule has 0 fully saturated rings. The molecule has 1 aromatic carbocycles. The smallest absolute Gasteiger partial charge is 0.192 e. The van der Waals surface area contributed by atoms with Crippen molar-refractivity contribution in [2.75, 3.05) is 12.9 Å². The topological polar surface area (TPSA) is 57.0 Å². The monoisotopic (exact) mass is 371 g/mol. The number of thiophene rings is 1. The lowest BCUT2D eigenvalue weighted by Gasteiger charge is -2.08.